The van der Waals surface area contributed by atoms with Gasteiger partial charge in [-0.15, -0.1) is 0 Å². The number of nitrogens with one attached hydrogen (secondary N) is 2. The van der Waals surface area contributed by atoms with Crippen LogP contribution in [-0.2, 0) is 0 Å². The molecule has 5 nitrogen and oxygen atoms in total. The SMILES string of the molecule is Cc1ccc(NC(=NC2CCCCC2)NC(N(C)C)=[N+](C)C)cc1. The number of guanidine groups is 2. The molecule has 1 aromatic carbocycles. The molecule has 0 aliphatic heterocycles. The number of rotatable bonds is 2. The van der Waals surface area contributed by atoms with Crippen molar-refractivity contribution in [1.29, 1.82) is 0 Å². The Labute approximate surface area is 146 Å². The van der Waals surface area contributed by atoms with Crippen LogP contribution in [0.25, 0.3) is 0 Å². The summed E-state index contributed by atoms with van der Waals surface area (Å²) < 4.78 is 2.06. The topological polar surface area (TPSA) is 42.7 Å². The summed E-state index contributed by atoms with van der Waals surface area (Å²) in [4.78, 5) is 7.04. The predicted molar refractivity (Wildman–Crippen MR) is 103 cm³/mol. The number of hydrogen-bond donors (Lipinski definition) is 2. The lowest BCUT2D eigenvalue weighted by Gasteiger charge is -2.20. The van der Waals surface area contributed by atoms with Crippen LogP contribution < -0.4 is 10.6 Å². The molecule has 1 fully saturated rings. The summed E-state index contributed by atoms with van der Waals surface area (Å²) in [6, 6.07) is 8.83. The average Bonchev–Trinajstić information content (AvgIpc) is 2.55. The molecule has 0 spiro atoms. The minimum atomic E-state index is 0.407. The van der Waals surface area contributed by atoms with Gasteiger partial charge < -0.3 is 5.32 Å². The lowest BCUT2D eigenvalue weighted by molar-refractivity contribution is -0.471. The predicted octanol–water partition coefficient (Wildman–Crippen LogP) is 2.87. The second-order valence-electron chi connectivity index (χ2n) is 7.00. The third-order valence-corrected chi connectivity index (χ3v) is 4.28. The molecular weight excluding hydrogens is 298 g/mol. The van der Waals surface area contributed by atoms with Crippen LogP contribution >= 0.6 is 0 Å². The molecule has 0 heterocycles. The average molecular weight is 331 g/mol. The third-order valence-electron chi connectivity index (χ3n) is 4.28. The molecule has 24 heavy (non-hydrogen) atoms. The highest BCUT2D eigenvalue weighted by Crippen LogP contribution is 2.20. The van der Waals surface area contributed by atoms with Gasteiger partial charge in [0.15, 0.2) is 0 Å². The molecule has 2 rings (SSSR count). The number of benzene rings is 1. The Morgan fingerprint density at radius 2 is 1.71 bits per heavy atom. The maximum Gasteiger partial charge on any atom is 0.354 e. The Kier molecular flexibility index (Phi) is 6.64. The summed E-state index contributed by atoms with van der Waals surface area (Å²) in [7, 11) is 8.14. The van der Waals surface area contributed by atoms with Crippen LogP contribution in [0.1, 0.15) is 37.7 Å². The minimum absolute atomic E-state index is 0.407. The molecule has 0 atom stereocenters. The first-order chi connectivity index (χ1) is 11.5. The molecule has 2 N–H and O–H groups in total. The zero-order valence-electron chi connectivity index (χ0n) is 15.8. The van der Waals surface area contributed by atoms with Crippen molar-refractivity contribution in [2.45, 2.75) is 45.1 Å². The van der Waals surface area contributed by atoms with E-state index in [1.54, 1.807) is 0 Å². The van der Waals surface area contributed by atoms with Crippen molar-refractivity contribution in [3.8, 4) is 0 Å². The minimum Gasteiger partial charge on any atom is -0.313 e. The number of aryl methyl sites for hydroxylation is 1. The molecule has 0 bridgehead atoms. The fourth-order valence-corrected chi connectivity index (χ4v) is 2.99. The van der Waals surface area contributed by atoms with Gasteiger partial charge in [-0.1, -0.05) is 37.0 Å². The molecule has 132 valence electrons. The zero-order valence-corrected chi connectivity index (χ0v) is 15.8. The molecule has 0 saturated heterocycles. The summed E-state index contributed by atoms with van der Waals surface area (Å²) in [5.41, 5.74) is 2.31. The Morgan fingerprint density at radius 3 is 2.25 bits per heavy atom. The van der Waals surface area contributed by atoms with E-state index in [4.69, 9.17) is 4.99 Å². The largest absolute Gasteiger partial charge is 0.354 e. The quantitative estimate of drug-likeness (QED) is 0.498. The van der Waals surface area contributed by atoms with Crippen LogP contribution in [0.15, 0.2) is 29.3 Å². The summed E-state index contributed by atoms with van der Waals surface area (Å²) >= 11 is 0. The van der Waals surface area contributed by atoms with Gasteiger partial charge in [-0.05, 0) is 31.9 Å². The maximum atomic E-state index is 4.98. The van der Waals surface area contributed by atoms with Crippen molar-refractivity contribution in [3.05, 3.63) is 29.8 Å². The van der Waals surface area contributed by atoms with E-state index in [1.807, 2.05) is 28.2 Å². The van der Waals surface area contributed by atoms with E-state index in [0.29, 0.717) is 6.04 Å². The summed E-state index contributed by atoms with van der Waals surface area (Å²) in [6.45, 7) is 2.10. The smallest absolute Gasteiger partial charge is 0.313 e. The standard InChI is InChI=1S/C19H31N5/c1-15-11-13-17(14-12-15)21-18(20-16-9-7-6-8-10-16)22-19(23(2)3)24(4)5/h11-14,16H,6-10H2,1-5H3,(H,20,21)/p+1. The maximum absolute atomic E-state index is 4.98. The van der Waals surface area contributed by atoms with Gasteiger partial charge in [-0.25, -0.2) is 10.3 Å². The fourth-order valence-electron chi connectivity index (χ4n) is 2.99. The lowest BCUT2D eigenvalue weighted by atomic mass is 9.96. The molecule has 0 unspecified atom stereocenters. The molecule has 0 amide bonds. The van der Waals surface area contributed by atoms with Crippen molar-refractivity contribution in [2.24, 2.45) is 4.99 Å². The number of anilines is 1. The first-order valence-corrected chi connectivity index (χ1v) is 8.86. The highest BCUT2D eigenvalue weighted by molar-refractivity contribution is 6.03. The first-order valence-electron chi connectivity index (χ1n) is 8.86. The van der Waals surface area contributed by atoms with Gasteiger partial charge in [0.25, 0.3) is 5.96 Å². The van der Waals surface area contributed by atoms with E-state index in [1.165, 1.54) is 37.7 Å². The first kappa shape index (κ1) is 18.3. The highest BCUT2D eigenvalue weighted by atomic mass is 15.3. The summed E-state index contributed by atoms with van der Waals surface area (Å²) in [5.74, 6) is 1.83. The van der Waals surface area contributed by atoms with E-state index < -0.39 is 0 Å². The van der Waals surface area contributed by atoms with Crippen LogP contribution in [-0.4, -0.2) is 55.6 Å². The van der Waals surface area contributed by atoms with Crippen molar-refractivity contribution in [1.82, 2.24) is 10.2 Å². The monoisotopic (exact) mass is 330 g/mol. The molecule has 1 aromatic rings. The molecule has 0 aromatic heterocycles. The molecule has 5 heteroatoms. The zero-order chi connectivity index (χ0) is 17.5. The Bertz CT molecular complexity index is 576. The van der Waals surface area contributed by atoms with Crippen molar-refractivity contribution >= 4 is 17.6 Å². The van der Waals surface area contributed by atoms with E-state index in [2.05, 4.69) is 51.3 Å². The Morgan fingerprint density at radius 1 is 1.08 bits per heavy atom. The van der Waals surface area contributed by atoms with Gasteiger partial charge in [-0.3, -0.25) is 9.48 Å². The molecule has 1 aliphatic carbocycles. The van der Waals surface area contributed by atoms with Crippen LogP contribution in [0.3, 0.4) is 0 Å². The second kappa shape index (κ2) is 8.71. The van der Waals surface area contributed by atoms with Gasteiger partial charge in [0.2, 0.25) is 0 Å². The number of aliphatic imine (C=N–C) groups is 1. The van der Waals surface area contributed by atoms with E-state index in [-0.39, 0.29) is 0 Å². The highest BCUT2D eigenvalue weighted by Gasteiger charge is 2.19. The second-order valence-corrected chi connectivity index (χ2v) is 7.00. The third kappa shape index (κ3) is 5.55. The molecule has 1 saturated carbocycles. The lowest BCUT2D eigenvalue weighted by Crippen LogP contribution is -2.47. The van der Waals surface area contributed by atoms with Crippen LogP contribution in [0.5, 0.6) is 0 Å². The summed E-state index contributed by atoms with van der Waals surface area (Å²) in [6.07, 6.45) is 6.26. The van der Waals surface area contributed by atoms with Crippen LogP contribution in [0.4, 0.5) is 5.69 Å². The van der Waals surface area contributed by atoms with Crippen LogP contribution in [0, 0.1) is 6.92 Å². The van der Waals surface area contributed by atoms with Gasteiger partial charge >= 0.3 is 5.96 Å². The van der Waals surface area contributed by atoms with Crippen molar-refractivity contribution < 1.29 is 4.58 Å². The molecule has 1 aliphatic rings. The fraction of sp³-hybridized carbons (Fsp3) is 0.579. The van der Waals surface area contributed by atoms with Crippen LogP contribution in [0.2, 0.25) is 0 Å². The molecule has 0 radical (unpaired) electrons. The summed E-state index contributed by atoms with van der Waals surface area (Å²) in [5, 5.41) is 6.93. The molecular formula is C19H32N5+. The Balaban J connectivity index is 2.21. The normalized spacial score (nSPS) is 15.8. The number of hydrogen-bond acceptors (Lipinski definition) is 1. The van der Waals surface area contributed by atoms with Crippen molar-refractivity contribution in [3.63, 3.8) is 0 Å². The van der Waals surface area contributed by atoms with Gasteiger partial charge in [-0.2, -0.15) is 0 Å². The van der Waals surface area contributed by atoms with E-state index >= 15 is 0 Å². The van der Waals surface area contributed by atoms with Gasteiger partial charge in [0.05, 0.1) is 34.2 Å². The van der Waals surface area contributed by atoms with E-state index in [0.717, 1.165) is 17.6 Å². The number of nitrogens with zero attached hydrogens (tertiary/aromatic N) is 3. The van der Waals surface area contributed by atoms with Gasteiger partial charge in [0, 0.05) is 5.69 Å². The van der Waals surface area contributed by atoms with Gasteiger partial charge in [0.1, 0.15) is 0 Å². The van der Waals surface area contributed by atoms with Crippen molar-refractivity contribution in [2.75, 3.05) is 33.5 Å². The van der Waals surface area contributed by atoms with E-state index in [9.17, 15) is 0 Å². The Hall–Kier alpha value is -2.04.